The van der Waals surface area contributed by atoms with Gasteiger partial charge in [0.15, 0.2) is 0 Å². The average molecular weight is 204 g/mol. The van der Waals surface area contributed by atoms with Gasteiger partial charge in [0, 0.05) is 25.3 Å². The van der Waals surface area contributed by atoms with Crippen LogP contribution in [0.5, 0.6) is 0 Å². The molecule has 2 rings (SSSR count). The molecular formula is C13H20N2. The Morgan fingerprint density at radius 3 is 2.47 bits per heavy atom. The van der Waals surface area contributed by atoms with Gasteiger partial charge in [0.1, 0.15) is 0 Å². The van der Waals surface area contributed by atoms with Crippen molar-refractivity contribution in [1.29, 1.82) is 0 Å². The fourth-order valence-corrected chi connectivity index (χ4v) is 2.25. The first-order valence-corrected chi connectivity index (χ1v) is 5.75. The monoisotopic (exact) mass is 204 g/mol. The van der Waals surface area contributed by atoms with Gasteiger partial charge < -0.3 is 9.80 Å². The Bertz CT molecular complexity index is 314. The molecule has 1 fully saturated rings. The first-order chi connectivity index (χ1) is 7.27. The molecule has 1 aromatic carbocycles. The molecule has 0 atom stereocenters. The van der Waals surface area contributed by atoms with Gasteiger partial charge >= 0.3 is 0 Å². The summed E-state index contributed by atoms with van der Waals surface area (Å²) < 4.78 is 0. The maximum atomic E-state index is 2.51. The van der Waals surface area contributed by atoms with Gasteiger partial charge in [-0.15, -0.1) is 0 Å². The summed E-state index contributed by atoms with van der Waals surface area (Å²) in [5, 5.41) is 0. The summed E-state index contributed by atoms with van der Waals surface area (Å²) in [6, 6.07) is 8.78. The Hall–Kier alpha value is -1.02. The second kappa shape index (κ2) is 4.67. The molecule has 1 aromatic rings. The summed E-state index contributed by atoms with van der Waals surface area (Å²) in [7, 11) is 4.25. The molecule has 1 aliphatic rings. The number of anilines is 1. The zero-order chi connectivity index (χ0) is 10.7. The first-order valence-electron chi connectivity index (χ1n) is 5.75. The van der Waals surface area contributed by atoms with Crippen LogP contribution in [0.15, 0.2) is 24.3 Å². The second-order valence-corrected chi connectivity index (χ2v) is 4.56. The average Bonchev–Trinajstić information content (AvgIpc) is 2.70. The number of hydrogen-bond acceptors (Lipinski definition) is 2. The molecule has 0 aliphatic carbocycles. The van der Waals surface area contributed by atoms with E-state index >= 15 is 0 Å². The van der Waals surface area contributed by atoms with E-state index in [1.54, 1.807) is 0 Å². The predicted molar refractivity (Wildman–Crippen MR) is 65.3 cm³/mol. The summed E-state index contributed by atoms with van der Waals surface area (Å²) in [6.07, 6.45) is 2.69. The Balaban J connectivity index is 2.20. The number of nitrogens with zero attached hydrogens (tertiary/aromatic N) is 2. The van der Waals surface area contributed by atoms with Crippen molar-refractivity contribution >= 4 is 5.69 Å². The van der Waals surface area contributed by atoms with Crippen LogP contribution >= 0.6 is 0 Å². The standard InChI is InChI=1S/C13H20N2/c1-14(2)11-12-7-3-4-8-13(12)15-9-5-6-10-15/h3-4,7-8H,5-6,9-11H2,1-2H3. The number of hydrogen-bond donors (Lipinski definition) is 0. The van der Waals surface area contributed by atoms with E-state index in [0.717, 1.165) is 6.54 Å². The summed E-state index contributed by atoms with van der Waals surface area (Å²) in [6.45, 7) is 3.49. The molecule has 1 heterocycles. The number of benzene rings is 1. The molecule has 82 valence electrons. The number of rotatable bonds is 3. The van der Waals surface area contributed by atoms with E-state index in [1.807, 2.05) is 0 Å². The molecular weight excluding hydrogens is 184 g/mol. The summed E-state index contributed by atoms with van der Waals surface area (Å²) in [4.78, 5) is 4.74. The largest absolute Gasteiger partial charge is 0.371 e. The van der Waals surface area contributed by atoms with Crippen molar-refractivity contribution in [1.82, 2.24) is 4.90 Å². The molecule has 15 heavy (non-hydrogen) atoms. The third-order valence-electron chi connectivity index (χ3n) is 2.92. The Morgan fingerprint density at radius 2 is 1.80 bits per heavy atom. The van der Waals surface area contributed by atoms with Crippen LogP contribution in [0.1, 0.15) is 18.4 Å². The Kier molecular flexibility index (Phi) is 3.27. The number of para-hydroxylation sites is 1. The van der Waals surface area contributed by atoms with Crippen LogP contribution in [-0.4, -0.2) is 32.1 Å². The minimum absolute atomic E-state index is 1.03. The van der Waals surface area contributed by atoms with Crippen LogP contribution in [0.3, 0.4) is 0 Å². The van der Waals surface area contributed by atoms with Gasteiger partial charge in [-0.1, -0.05) is 18.2 Å². The van der Waals surface area contributed by atoms with Crippen molar-refractivity contribution < 1.29 is 0 Å². The van der Waals surface area contributed by atoms with Gasteiger partial charge in [0.2, 0.25) is 0 Å². The van der Waals surface area contributed by atoms with Crippen molar-refractivity contribution in [2.24, 2.45) is 0 Å². The van der Waals surface area contributed by atoms with Crippen molar-refractivity contribution in [3.05, 3.63) is 29.8 Å². The lowest BCUT2D eigenvalue weighted by molar-refractivity contribution is 0.402. The first kappa shape index (κ1) is 10.5. The fourth-order valence-electron chi connectivity index (χ4n) is 2.25. The lowest BCUT2D eigenvalue weighted by Crippen LogP contribution is -2.21. The van der Waals surface area contributed by atoms with Gasteiger partial charge in [-0.2, -0.15) is 0 Å². The molecule has 2 heteroatoms. The SMILES string of the molecule is CN(C)Cc1ccccc1N1CCCC1. The third kappa shape index (κ3) is 2.51. The molecule has 2 nitrogen and oxygen atoms in total. The van der Waals surface area contributed by atoms with Gasteiger partial charge in [0.05, 0.1) is 0 Å². The van der Waals surface area contributed by atoms with Crippen molar-refractivity contribution in [2.75, 3.05) is 32.1 Å². The van der Waals surface area contributed by atoms with Crippen LogP contribution in [0.25, 0.3) is 0 Å². The highest BCUT2D eigenvalue weighted by molar-refractivity contribution is 5.54. The quantitative estimate of drug-likeness (QED) is 0.745. The highest BCUT2D eigenvalue weighted by atomic mass is 15.2. The lowest BCUT2D eigenvalue weighted by Gasteiger charge is -2.22. The van der Waals surface area contributed by atoms with Gasteiger partial charge in [-0.25, -0.2) is 0 Å². The molecule has 0 radical (unpaired) electrons. The molecule has 0 spiro atoms. The fraction of sp³-hybridized carbons (Fsp3) is 0.538. The van der Waals surface area contributed by atoms with Crippen molar-refractivity contribution in [2.45, 2.75) is 19.4 Å². The van der Waals surface area contributed by atoms with Gasteiger partial charge in [-0.3, -0.25) is 0 Å². The topological polar surface area (TPSA) is 6.48 Å². The second-order valence-electron chi connectivity index (χ2n) is 4.56. The zero-order valence-electron chi connectivity index (χ0n) is 9.74. The van der Waals surface area contributed by atoms with Gasteiger partial charge in [-0.05, 0) is 38.6 Å². The van der Waals surface area contributed by atoms with E-state index in [4.69, 9.17) is 0 Å². The molecule has 0 N–H and O–H groups in total. The summed E-state index contributed by atoms with van der Waals surface area (Å²) >= 11 is 0. The lowest BCUT2D eigenvalue weighted by atomic mass is 10.1. The summed E-state index contributed by atoms with van der Waals surface area (Å²) in [5.41, 5.74) is 2.88. The van der Waals surface area contributed by atoms with E-state index in [-0.39, 0.29) is 0 Å². The van der Waals surface area contributed by atoms with E-state index in [1.165, 1.54) is 37.2 Å². The van der Waals surface area contributed by atoms with Gasteiger partial charge in [0.25, 0.3) is 0 Å². The smallest absolute Gasteiger partial charge is 0.0411 e. The van der Waals surface area contributed by atoms with E-state index in [2.05, 4.69) is 48.2 Å². The molecule has 0 amide bonds. The Labute approximate surface area is 92.5 Å². The maximum absolute atomic E-state index is 2.51. The van der Waals surface area contributed by atoms with E-state index in [0.29, 0.717) is 0 Å². The molecule has 0 bridgehead atoms. The molecule has 0 unspecified atom stereocenters. The van der Waals surface area contributed by atoms with Crippen LogP contribution in [0.4, 0.5) is 5.69 Å². The highest BCUT2D eigenvalue weighted by Gasteiger charge is 2.15. The third-order valence-corrected chi connectivity index (χ3v) is 2.92. The van der Waals surface area contributed by atoms with Crippen molar-refractivity contribution in [3.8, 4) is 0 Å². The predicted octanol–water partition coefficient (Wildman–Crippen LogP) is 2.35. The minimum atomic E-state index is 1.03. The highest BCUT2D eigenvalue weighted by Crippen LogP contribution is 2.24. The van der Waals surface area contributed by atoms with Crippen LogP contribution in [0.2, 0.25) is 0 Å². The maximum Gasteiger partial charge on any atom is 0.0411 e. The minimum Gasteiger partial charge on any atom is -0.371 e. The van der Waals surface area contributed by atoms with Crippen molar-refractivity contribution in [3.63, 3.8) is 0 Å². The molecule has 0 aromatic heterocycles. The van der Waals surface area contributed by atoms with Crippen LogP contribution in [0, 0.1) is 0 Å². The molecule has 1 saturated heterocycles. The molecule has 1 aliphatic heterocycles. The van der Waals surface area contributed by atoms with E-state index < -0.39 is 0 Å². The summed E-state index contributed by atoms with van der Waals surface area (Å²) in [5.74, 6) is 0. The van der Waals surface area contributed by atoms with E-state index in [9.17, 15) is 0 Å². The normalized spacial score (nSPS) is 16.3. The molecule has 0 saturated carbocycles. The van der Waals surface area contributed by atoms with Crippen LogP contribution in [-0.2, 0) is 6.54 Å². The van der Waals surface area contributed by atoms with Crippen LogP contribution < -0.4 is 4.90 Å². The Morgan fingerprint density at radius 1 is 1.13 bits per heavy atom. The zero-order valence-corrected chi connectivity index (χ0v) is 9.74.